The third-order valence-electron chi connectivity index (χ3n) is 6.90. The number of carbonyl (C=O) groups is 2. The molecule has 228 valence electrons. The third kappa shape index (κ3) is 7.05. The Bertz CT molecular complexity index is 1920. The lowest BCUT2D eigenvalue weighted by molar-refractivity contribution is 0.0205. The first-order valence-electron chi connectivity index (χ1n) is 14.6. The largest absolute Gasteiger partial charge is 0.514 e. The molecule has 6 aromatic rings. The molecule has 2 aromatic heterocycles. The van der Waals surface area contributed by atoms with Crippen LogP contribution >= 0.6 is 0 Å². The van der Waals surface area contributed by atoms with Crippen LogP contribution in [0.15, 0.2) is 84.9 Å². The number of carbonyl (C=O) groups excluding carboxylic acids is 2. The van der Waals surface area contributed by atoms with Crippen molar-refractivity contribution in [2.24, 2.45) is 0 Å². The van der Waals surface area contributed by atoms with Gasteiger partial charge in [-0.3, -0.25) is 4.79 Å². The van der Waals surface area contributed by atoms with Crippen LogP contribution < -0.4 is 4.74 Å². The smallest absolute Gasteiger partial charge is 0.428 e. The molecule has 0 amide bonds. The topological polar surface area (TPSA) is 123 Å². The molecule has 4 aromatic carbocycles. The molecule has 0 aliphatic rings. The van der Waals surface area contributed by atoms with Crippen molar-refractivity contribution in [1.29, 1.82) is 0 Å². The van der Waals surface area contributed by atoms with Gasteiger partial charge < -0.3 is 14.2 Å². The average Bonchev–Trinajstić information content (AvgIpc) is 3.65. The Labute approximate surface area is 259 Å². The van der Waals surface area contributed by atoms with E-state index in [9.17, 15) is 9.59 Å². The van der Waals surface area contributed by atoms with E-state index in [0.717, 1.165) is 39.5 Å². The van der Waals surface area contributed by atoms with E-state index in [2.05, 4.69) is 20.4 Å². The molecule has 0 fully saturated rings. The van der Waals surface area contributed by atoms with Gasteiger partial charge in [-0.15, -0.1) is 30.0 Å². The molecule has 0 bridgehead atoms. The summed E-state index contributed by atoms with van der Waals surface area (Å²) in [5, 5.41) is 18.2. The van der Waals surface area contributed by atoms with Crippen LogP contribution in [0.5, 0.6) is 5.75 Å². The standard InChI is InChI=1S/C34H32N6O5/c1-34(2,3)45-33(42)44-32-15-13-24(21-31(32)40-37-28-10-6-7-11-29(28)38-40)17-19-43-18-16-23-12-14-25(22-41)30(20-23)39-35-26-8-4-5-9-27(26)36-39/h4-15,20-22H,16-19H2,1-3H3. The van der Waals surface area contributed by atoms with Crippen molar-refractivity contribution in [3.8, 4) is 17.1 Å². The number of rotatable bonds is 10. The summed E-state index contributed by atoms with van der Waals surface area (Å²) in [4.78, 5) is 27.2. The van der Waals surface area contributed by atoms with Gasteiger partial charge in [0.2, 0.25) is 0 Å². The minimum Gasteiger partial charge on any atom is -0.428 e. The van der Waals surface area contributed by atoms with Crippen molar-refractivity contribution in [3.05, 3.63) is 102 Å². The highest BCUT2D eigenvalue weighted by atomic mass is 16.7. The van der Waals surface area contributed by atoms with Crippen molar-refractivity contribution in [3.63, 3.8) is 0 Å². The minimum absolute atomic E-state index is 0.281. The number of hydrogen-bond donors (Lipinski definition) is 0. The quantitative estimate of drug-likeness (QED) is 0.0792. The number of aldehydes is 1. The molecule has 11 nitrogen and oxygen atoms in total. The second kappa shape index (κ2) is 12.7. The van der Waals surface area contributed by atoms with Crippen LogP contribution in [0.4, 0.5) is 4.79 Å². The maximum absolute atomic E-state index is 12.5. The van der Waals surface area contributed by atoms with Crippen molar-refractivity contribution in [1.82, 2.24) is 30.0 Å². The molecule has 0 spiro atoms. The van der Waals surface area contributed by atoms with Crippen LogP contribution in [0, 0.1) is 0 Å². The van der Waals surface area contributed by atoms with Gasteiger partial charge in [-0.25, -0.2) is 4.79 Å². The lowest BCUT2D eigenvalue weighted by atomic mass is 10.1. The lowest BCUT2D eigenvalue weighted by Crippen LogP contribution is -2.26. The summed E-state index contributed by atoms with van der Waals surface area (Å²) in [5.74, 6) is 0.281. The van der Waals surface area contributed by atoms with Gasteiger partial charge in [0.05, 0.1) is 18.9 Å². The molecular formula is C34H32N6O5. The Hall–Kier alpha value is -5.42. The Morgan fingerprint density at radius 1 is 0.711 bits per heavy atom. The van der Waals surface area contributed by atoms with Crippen LogP contribution in [0.3, 0.4) is 0 Å². The highest BCUT2D eigenvalue weighted by molar-refractivity contribution is 5.81. The predicted octanol–water partition coefficient (Wildman–Crippen LogP) is 6.08. The zero-order valence-electron chi connectivity index (χ0n) is 25.2. The van der Waals surface area contributed by atoms with Crippen molar-refractivity contribution in [2.45, 2.75) is 39.2 Å². The summed E-state index contributed by atoms with van der Waals surface area (Å²) in [6, 6.07) is 26.2. The monoisotopic (exact) mass is 604 g/mol. The second-order valence-corrected chi connectivity index (χ2v) is 11.4. The van der Waals surface area contributed by atoms with E-state index in [4.69, 9.17) is 14.2 Å². The fraction of sp³-hybridized carbons (Fsp3) is 0.235. The van der Waals surface area contributed by atoms with E-state index in [0.29, 0.717) is 43.0 Å². The number of benzene rings is 4. The van der Waals surface area contributed by atoms with Gasteiger partial charge in [-0.05, 0) is 93.3 Å². The summed E-state index contributed by atoms with van der Waals surface area (Å²) < 4.78 is 16.9. The summed E-state index contributed by atoms with van der Waals surface area (Å²) >= 11 is 0. The van der Waals surface area contributed by atoms with Crippen molar-refractivity contribution >= 4 is 34.5 Å². The molecule has 45 heavy (non-hydrogen) atoms. The number of nitrogens with zero attached hydrogens (tertiary/aromatic N) is 6. The molecule has 0 aliphatic carbocycles. The first kappa shape index (κ1) is 29.6. The summed E-state index contributed by atoms with van der Waals surface area (Å²) in [5.41, 5.74) is 5.85. The van der Waals surface area contributed by atoms with Gasteiger partial charge in [0.1, 0.15) is 33.4 Å². The normalized spacial score (nSPS) is 11.6. The molecule has 11 heteroatoms. The van der Waals surface area contributed by atoms with E-state index in [-0.39, 0.29) is 5.75 Å². The Morgan fingerprint density at radius 2 is 1.20 bits per heavy atom. The van der Waals surface area contributed by atoms with Crippen LogP contribution in [-0.4, -0.2) is 61.2 Å². The van der Waals surface area contributed by atoms with Gasteiger partial charge in [-0.2, -0.15) is 0 Å². The second-order valence-electron chi connectivity index (χ2n) is 11.4. The molecule has 2 heterocycles. The van der Waals surface area contributed by atoms with E-state index in [1.54, 1.807) is 32.9 Å². The maximum atomic E-state index is 12.5. The molecule has 0 radical (unpaired) electrons. The molecule has 0 aliphatic heterocycles. The Balaban J connectivity index is 1.12. The van der Waals surface area contributed by atoms with Gasteiger partial charge >= 0.3 is 6.16 Å². The molecule has 6 rings (SSSR count). The van der Waals surface area contributed by atoms with Gasteiger partial charge in [0.15, 0.2) is 12.0 Å². The highest BCUT2D eigenvalue weighted by Crippen LogP contribution is 2.26. The summed E-state index contributed by atoms with van der Waals surface area (Å²) in [6.07, 6.45) is 1.26. The molecule has 0 N–H and O–H groups in total. The SMILES string of the molecule is CC(C)(C)OC(=O)Oc1ccc(CCOCCc2ccc(C=O)c(-n3nc4ccccc4n3)c2)cc1-n1nc2ccccc2n1. The molecule has 0 atom stereocenters. The fourth-order valence-corrected chi connectivity index (χ4v) is 4.76. The van der Waals surface area contributed by atoms with E-state index in [1.165, 1.54) is 9.59 Å². The van der Waals surface area contributed by atoms with Gasteiger partial charge in [0, 0.05) is 5.56 Å². The summed E-state index contributed by atoms with van der Waals surface area (Å²) in [6.45, 7) is 6.27. The maximum Gasteiger partial charge on any atom is 0.514 e. The van der Waals surface area contributed by atoms with Gasteiger partial charge in [-0.1, -0.05) is 36.4 Å². The zero-order chi connectivity index (χ0) is 31.4. The summed E-state index contributed by atoms with van der Waals surface area (Å²) in [7, 11) is 0. The van der Waals surface area contributed by atoms with Crippen LogP contribution in [-0.2, 0) is 22.3 Å². The van der Waals surface area contributed by atoms with Crippen molar-refractivity contribution in [2.75, 3.05) is 13.2 Å². The molecular weight excluding hydrogens is 572 g/mol. The highest BCUT2D eigenvalue weighted by Gasteiger charge is 2.21. The lowest BCUT2D eigenvalue weighted by Gasteiger charge is -2.19. The number of ether oxygens (including phenoxy) is 3. The first-order valence-corrected chi connectivity index (χ1v) is 14.6. The van der Waals surface area contributed by atoms with Crippen LogP contribution in [0.2, 0.25) is 0 Å². The Morgan fingerprint density at radius 3 is 1.71 bits per heavy atom. The predicted molar refractivity (Wildman–Crippen MR) is 168 cm³/mol. The molecule has 0 saturated heterocycles. The average molecular weight is 605 g/mol. The number of fused-ring (bicyclic) bond motifs is 2. The number of aromatic nitrogens is 6. The number of hydrogen-bond acceptors (Lipinski definition) is 9. The van der Waals surface area contributed by atoms with Crippen LogP contribution in [0.25, 0.3) is 33.4 Å². The van der Waals surface area contributed by atoms with Gasteiger partial charge in [0.25, 0.3) is 0 Å². The van der Waals surface area contributed by atoms with E-state index >= 15 is 0 Å². The first-order chi connectivity index (χ1) is 21.8. The van der Waals surface area contributed by atoms with Crippen LogP contribution in [0.1, 0.15) is 42.3 Å². The van der Waals surface area contributed by atoms with E-state index < -0.39 is 11.8 Å². The zero-order valence-corrected chi connectivity index (χ0v) is 25.2. The third-order valence-corrected chi connectivity index (χ3v) is 6.90. The van der Waals surface area contributed by atoms with E-state index in [1.807, 2.05) is 72.8 Å². The minimum atomic E-state index is -0.808. The van der Waals surface area contributed by atoms with Crippen molar-refractivity contribution < 1.29 is 23.8 Å². The molecule has 0 unspecified atom stereocenters. The Kier molecular flexibility index (Phi) is 8.35. The fourth-order valence-electron chi connectivity index (χ4n) is 4.76. The molecule has 0 saturated carbocycles.